The van der Waals surface area contributed by atoms with E-state index in [0.29, 0.717) is 0 Å². The van der Waals surface area contributed by atoms with E-state index in [4.69, 9.17) is 5.26 Å². The zero-order valence-corrected chi connectivity index (χ0v) is 10.5. The van der Waals surface area contributed by atoms with Crippen LogP contribution in [0.2, 0.25) is 0 Å². The number of anilines is 1. The number of halogens is 4. The third-order valence-corrected chi connectivity index (χ3v) is 2.69. The van der Waals surface area contributed by atoms with Crippen LogP contribution in [0.3, 0.4) is 0 Å². The molecule has 0 saturated carbocycles. The Morgan fingerprint density at radius 3 is 2.59 bits per heavy atom. The van der Waals surface area contributed by atoms with Gasteiger partial charge in [-0.15, -0.1) is 0 Å². The topological polar surface area (TPSA) is 52.9 Å². The van der Waals surface area contributed by atoms with Crippen molar-refractivity contribution in [2.75, 3.05) is 5.32 Å². The molecule has 0 aromatic heterocycles. The molecular weight excluding hydrogens is 348 g/mol. The lowest BCUT2D eigenvalue weighted by molar-refractivity contribution is -0.138. The van der Waals surface area contributed by atoms with Crippen LogP contribution in [0.15, 0.2) is 18.2 Å². The Morgan fingerprint density at radius 1 is 1.47 bits per heavy atom. The Kier molecular flexibility index (Phi) is 4.34. The second-order valence-corrected chi connectivity index (χ2v) is 4.24. The van der Waals surface area contributed by atoms with E-state index in [1.807, 2.05) is 0 Å². The highest BCUT2D eigenvalue weighted by Crippen LogP contribution is 2.33. The first-order valence-electron chi connectivity index (χ1n) is 4.38. The van der Waals surface area contributed by atoms with Crippen molar-refractivity contribution in [2.24, 2.45) is 0 Å². The van der Waals surface area contributed by atoms with Crippen LogP contribution >= 0.6 is 22.6 Å². The predicted molar refractivity (Wildman–Crippen MR) is 63.0 cm³/mol. The molecule has 0 spiro atoms. The summed E-state index contributed by atoms with van der Waals surface area (Å²) in [5.74, 6) is -0.553. The first kappa shape index (κ1) is 13.8. The molecule has 0 aliphatic rings. The normalized spacial score (nSPS) is 10.8. The van der Waals surface area contributed by atoms with Crippen LogP contribution in [0.4, 0.5) is 18.9 Å². The average molecular weight is 354 g/mol. The number of nitrogens with zero attached hydrogens (tertiary/aromatic N) is 1. The smallest absolute Gasteiger partial charge is 0.325 e. The lowest BCUT2D eigenvalue weighted by atomic mass is 10.2. The molecule has 0 bridgehead atoms. The number of nitrogens with one attached hydrogen (secondary N) is 1. The fourth-order valence-electron chi connectivity index (χ4n) is 1.10. The number of amides is 1. The molecule has 1 rings (SSSR count). The van der Waals surface area contributed by atoms with Gasteiger partial charge in [-0.2, -0.15) is 18.4 Å². The Morgan fingerprint density at radius 2 is 2.12 bits per heavy atom. The highest BCUT2D eigenvalue weighted by Gasteiger charge is 2.32. The Hall–Kier alpha value is -1.30. The number of rotatable bonds is 2. The van der Waals surface area contributed by atoms with Gasteiger partial charge in [-0.05, 0) is 40.8 Å². The van der Waals surface area contributed by atoms with Gasteiger partial charge in [0.2, 0.25) is 5.91 Å². The van der Waals surface area contributed by atoms with Crippen molar-refractivity contribution in [3.63, 3.8) is 0 Å². The molecular formula is C10H6F3IN2O. The Bertz CT molecular complexity index is 479. The minimum absolute atomic E-state index is 0.00939. The molecule has 0 saturated heterocycles. The molecule has 1 N–H and O–H groups in total. The lowest BCUT2D eigenvalue weighted by Gasteiger charge is -2.10. The minimum atomic E-state index is -4.41. The van der Waals surface area contributed by atoms with E-state index in [0.717, 1.165) is 12.1 Å². The molecule has 0 unspecified atom stereocenters. The minimum Gasteiger partial charge on any atom is -0.325 e. The van der Waals surface area contributed by atoms with E-state index in [1.165, 1.54) is 6.07 Å². The average Bonchev–Trinajstić information content (AvgIpc) is 2.15. The monoisotopic (exact) mass is 354 g/mol. The van der Waals surface area contributed by atoms with Crippen LogP contribution < -0.4 is 5.32 Å². The zero-order valence-electron chi connectivity index (χ0n) is 8.31. The summed E-state index contributed by atoms with van der Waals surface area (Å²) < 4.78 is 37.3. The summed E-state index contributed by atoms with van der Waals surface area (Å²) >= 11 is 1.54. The van der Waals surface area contributed by atoms with Crippen LogP contribution in [-0.2, 0) is 11.0 Å². The molecule has 3 nitrogen and oxygen atoms in total. The summed E-state index contributed by atoms with van der Waals surface area (Å²) in [6.45, 7) is 0. The van der Waals surface area contributed by atoms with Crippen LogP contribution in [0.25, 0.3) is 0 Å². The van der Waals surface area contributed by atoms with Crippen LogP contribution in [0.5, 0.6) is 0 Å². The maximum absolute atomic E-state index is 12.4. The summed E-state index contributed by atoms with van der Waals surface area (Å²) in [7, 11) is 0. The summed E-state index contributed by atoms with van der Waals surface area (Å²) in [6, 6.07) is 4.90. The third-order valence-electron chi connectivity index (χ3n) is 1.80. The van der Waals surface area contributed by atoms with Gasteiger partial charge < -0.3 is 5.32 Å². The highest BCUT2D eigenvalue weighted by atomic mass is 127. The van der Waals surface area contributed by atoms with Crippen molar-refractivity contribution in [3.8, 4) is 6.07 Å². The summed E-state index contributed by atoms with van der Waals surface area (Å²) in [6.07, 6.45) is -4.75. The molecule has 90 valence electrons. The molecule has 0 fully saturated rings. The quantitative estimate of drug-likeness (QED) is 0.830. The van der Waals surface area contributed by atoms with Crippen LogP contribution in [-0.4, -0.2) is 5.91 Å². The van der Waals surface area contributed by atoms with Gasteiger partial charge in [0.25, 0.3) is 0 Å². The maximum atomic E-state index is 12.4. The number of carbonyl (C=O) groups is 1. The van der Waals surface area contributed by atoms with Crippen molar-refractivity contribution >= 4 is 34.2 Å². The molecule has 1 amide bonds. The molecule has 0 aliphatic carbocycles. The van der Waals surface area contributed by atoms with Crippen molar-refractivity contribution in [2.45, 2.75) is 12.6 Å². The first-order chi connectivity index (χ1) is 7.84. The number of carbonyl (C=O) groups excluding carboxylic acids is 1. The lowest BCUT2D eigenvalue weighted by Crippen LogP contribution is -2.12. The van der Waals surface area contributed by atoms with Gasteiger partial charge in [0.05, 0.1) is 11.6 Å². The van der Waals surface area contributed by atoms with E-state index >= 15 is 0 Å². The predicted octanol–water partition coefficient (Wildman–Crippen LogP) is 3.16. The summed E-state index contributed by atoms with van der Waals surface area (Å²) in [4.78, 5) is 11.0. The van der Waals surface area contributed by atoms with E-state index in [-0.39, 0.29) is 15.7 Å². The van der Waals surface area contributed by atoms with Crippen molar-refractivity contribution in [3.05, 3.63) is 27.3 Å². The second kappa shape index (κ2) is 5.35. The molecule has 1 aromatic carbocycles. The van der Waals surface area contributed by atoms with E-state index in [9.17, 15) is 18.0 Å². The van der Waals surface area contributed by atoms with Gasteiger partial charge in [0, 0.05) is 9.26 Å². The molecule has 1 aromatic rings. The van der Waals surface area contributed by atoms with E-state index < -0.39 is 17.6 Å². The summed E-state index contributed by atoms with van der Waals surface area (Å²) in [5.41, 5.74) is -0.515. The molecule has 0 atom stereocenters. The maximum Gasteiger partial charge on any atom is 0.417 e. The molecule has 0 aliphatic heterocycles. The van der Waals surface area contributed by atoms with E-state index in [1.54, 1.807) is 28.7 Å². The SMILES string of the molecule is N#CCC(=O)Nc1ccc(C(F)(F)F)c(I)c1. The number of benzene rings is 1. The number of hydrogen-bond donors (Lipinski definition) is 1. The highest BCUT2D eigenvalue weighted by molar-refractivity contribution is 14.1. The number of alkyl halides is 3. The van der Waals surface area contributed by atoms with E-state index in [2.05, 4.69) is 5.32 Å². The van der Waals surface area contributed by atoms with Crippen molar-refractivity contribution in [1.82, 2.24) is 0 Å². The van der Waals surface area contributed by atoms with Gasteiger partial charge in [0.15, 0.2) is 0 Å². The molecule has 7 heteroatoms. The third kappa shape index (κ3) is 3.89. The van der Waals surface area contributed by atoms with Gasteiger partial charge in [0.1, 0.15) is 6.42 Å². The van der Waals surface area contributed by atoms with Crippen molar-refractivity contribution < 1.29 is 18.0 Å². The Labute approximate surface area is 109 Å². The number of hydrogen-bond acceptors (Lipinski definition) is 2. The summed E-state index contributed by atoms with van der Waals surface area (Å²) in [5, 5.41) is 10.6. The Balaban J connectivity index is 2.91. The van der Waals surface area contributed by atoms with Gasteiger partial charge in [-0.1, -0.05) is 0 Å². The zero-order chi connectivity index (χ0) is 13.1. The second-order valence-electron chi connectivity index (χ2n) is 3.08. The molecule has 0 heterocycles. The molecule has 17 heavy (non-hydrogen) atoms. The van der Waals surface area contributed by atoms with Gasteiger partial charge in [-0.25, -0.2) is 0 Å². The van der Waals surface area contributed by atoms with Gasteiger partial charge >= 0.3 is 6.18 Å². The van der Waals surface area contributed by atoms with Crippen molar-refractivity contribution in [1.29, 1.82) is 5.26 Å². The van der Waals surface area contributed by atoms with Crippen LogP contribution in [0, 0.1) is 14.9 Å². The first-order valence-corrected chi connectivity index (χ1v) is 5.46. The largest absolute Gasteiger partial charge is 0.417 e. The fraction of sp³-hybridized carbons (Fsp3) is 0.200. The van der Waals surface area contributed by atoms with Crippen LogP contribution in [0.1, 0.15) is 12.0 Å². The number of nitriles is 1. The standard InChI is InChI=1S/C10H6F3IN2O/c11-10(12,13)7-2-1-6(5-8(7)14)16-9(17)3-4-15/h1-2,5H,3H2,(H,16,17). The molecule has 0 radical (unpaired) electrons. The van der Waals surface area contributed by atoms with Gasteiger partial charge in [-0.3, -0.25) is 4.79 Å². The fourth-order valence-corrected chi connectivity index (χ4v) is 1.92.